The van der Waals surface area contributed by atoms with Gasteiger partial charge in [-0.25, -0.2) is 0 Å². The average molecular weight is 283 g/mol. The van der Waals surface area contributed by atoms with E-state index < -0.39 is 24.3 Å². The molecule has 2 rings (SSSR count). The highest BCUT2D eigenvalue weighted by Gasteiger charge is 2.35. The van der Waals surface area contributed by atoms with Crippen LogP contribution in [0.3, 0.4) is 0 Å². The molecule has 16 heavy (non-hydrogen) atoms. The van der Waals surface area contributed by atoms with Crippen molar-refractivity contribution in [3.8, 4) is 0 Å². The Balaban J connectivity index is 2.44. The quantitative estimate of drug-likeness (QED) is 0.704. The van der Waals surface area contributed by atoms with Crippen LogP contribution in [0.25, 0.3) is 0 Å². The van der Waals surface area contributed by atoms with Crippen molar-refractivity contribution in [1.29, 1.82) is 0 Å². The molecule has 0 aliphatic carbocycles. The summed E-state index contributed by atoms with van der Waals surface area (Å²) in [6, 6.07) is 4.59. The molecule has 6 heteroatoms. The molecule has 0 aromatic heterocycles. The topological polar surface area (TPSA) is 77.5 Å². The van der Waals surface area contributed by atoms with Gasteiger partial charge in [0.1, 0.15) is 0 Å². The summed E-state index contributed by atoms with van der Waals surface area (Å²) in [6.45, 7) is -0.718. The van der Waals surface area contributed by atoms with Gasteiger partial charge in [-0.15, -0.1) is 0 Å². The summed E-state index contributed by atoms with van der Waals surface area (Å²) in [5, 5.41) is 10.4. The fourth-order valence-corrected chi connectivity index (χ4v) is 1.90. The van der Waals surface area contributed by atoms with Gasteiger partial charge in [0, 0.05) is 4.47 Å². The molecule has 0 radical (unpaired) electrons. The molecule has 0 spiro atoms. The molecule has 1 aliphatic rings. The molecule has 0 fully saturated rings. The Morgan fingerprint density at radius 1 is 1.25 bits per heavy atom. The summed E-state index contributed by atoms with van der Waals surface area (Å²) in [7, 11) is 0. The molecule has 0 bridgehead atoms. The molecular formula is C10H5BrNO4-. The van der Waals surface area contributed by atoms with E-state index in [1.165, 1.54) is 12.1 Å². The van der Waals surface area contributed by atoms with Crippen LogP contribution in [0, 0.1) is 0 Å². The maximum atomic E-state index is 11.7. The lowest BCUT2D eigenvalue weighted by atomic mass is 10.1. The van der Waals surface area contributed by atoms with E-state index in [1.54, 1.807) is 6.07 Å². The van der Waals surface area contributed by atoms with Crippen molar-refractivity contribution in [2.24, 2.45) is 0 Å². The van der Waals surface area contributed by atoms with Crippen LogP contribution >= 0.6 is 15.9 Å². The van der Waals surface area contributed by atoms with Gasteiger partial charge >= 0.3 is 0 Å². The molecule has 0 unspecified atom stereocenters. The van der Waals surface area contributed by atoms with E-state index in [2.05, 4.69) is 15.9 Å². The second-order valence-electron chi connectivity index (χ2n) is 3.26. The van der Waals surface area contributed by atoms with Gasteiger partial charge < -0.3 is 9.90 Å². The lowest BCUT2D eigenvalue weighted by molar-refractivity contribution is -0.305. The highest BCUT2D eigenvalue weighted by molar-refractivity contribution is 9.10. The van der Waals surface area contributed by atoms with E-state index in [9.17, 15) is 19.5 Å². The van der Waals surface area contributed by atoms with Crippen LogP contribution in [0.5, 0.6) is 0 Å². The number of hydrogen-bond donors (Lipinski definition) is 0. The average Bonchev–Trinajstić information content (AvgIpc) is 2.43. The van der Waals surface area contributed by atoms with E-state index in [0.717, 1.165) is 0 Å². The van der Waals surface area contributed by atoms with Crippen molar-refractivity contribution in [3.63, 3.8) is 0 Å². The zero-order valence-corrected chi connectivity index (χ0v) is 9.48. The number of carboxylic acid groups (broad SMARTS) is 1. The van der Waals surface area contributed by atoms with Gasteiger partial charge in [-0.2, -0.15) is 0 Å². The van der Waals surface area contributed by atoms with Crippen molar-refractivity contribution in [3.05, 3.63) is 33.8 Å². The number of benzene rings is 1. The Labute approximate surface area is 98.8 Å². The third kappa shape index (κ3) is 1.61. The summed E-state index contributed by atoms with van der Waals surface area (Å²) in [4.78, 5) is 34.4. The van der Waals surface area contributed by atoms with Crippen LogP contribution in [-0.4, -0.2) is 29.2 Å². The first kappa shape index (κ1) is 10.8. The molecule has 1 aliphatic heterocycles. The smallest absolute Gasteiger partial charge is 0.261 e. The van der Waals surface area contributed by atoms with Crippen LogP contribution in [0.15, 0.2) is 22.7 Å². The number of rotatable bonds is 2. The number of amides is 2. The van der Waals surface area contributed by atoms with E-state index in [1.807, 2.05) is 0 Å². The molecular weight excluding hydrogens is 278 g/mol. The Morgan fingerprint density at radius 3 is 2.50 bits per heavy atom. The number of halogens is 1. The van der Waals surface area contributed by atoms with Crippen LogP contribution < -0.4 is 5.11 Å². The lowest BCUT2D eigenvalue weighted by Crippen LogP contribution is -2.41. The number of nitrogens with zero attached hydrogens (tertiary/aromatic N) is 1. The third-order valence-electron chi connectivity index (χ3n) is 2.22. The molecule has 5 nitrogen and oxygen atoms in total. The largest absolute Gasteiger partial charge is 0.548 e. The van der Waals surface area contributed by atoms with E-state index in [-0.39, 0.29) is 11.1 Å². The standard InChI is InChI=1S/C10H6BrNO4/c11-5-1-2-6-7(3-5)10(16)12(9(6)15)4-8(13)14/h1-3H,4H2,(H,13,14)/p-1. The minimum atomic E-state index is -1.46. The van der Waals surface area contributed by atoms with Crippen LogP contribution in [-0.2, 0) is 4.79 Å². The zero-order chi connectivity index (χ0) is 11.9. The minimum absolute atomic E-state index is 0.209. The Hall–Kier alpha value is -1.69. The minimum Gasteiger partial charge on any atom is -0.548 e. The molecule has 1 aromatic rings. The lowest BCUT2D eigenvalue weighted by Gasteiger charge is -2.13. The van der Waals surface area contributed by atoms with Gasteiger partial charge in [0.15, 0.2) is 0 Å². The Morgan fingerprint density at radius 2 is 1.88 bits per heavy atom. The fourth-order valence-electron chi connectivity index (χ4n) is 1.54. The Bertz CT molecular complexity index is 512. The fraction of sp³-hybridized carbons (Fsp3) is 0.100. The highest BCUT2D eigenvalue weighted by Crippen LogP contribution is 2.25. The van der Waals surface area contributed by atoms with Crippen molar-refractivity contribution in [1.82, 2.24) is 4.90 Å². The number of carbonyl (C=O) groups is 3. The zero-order valence-electron chi connectivity index (χ0n) is 7.90. The van der Waals surface area contributed by atoms with Gasteiger partial charge in [0.2, 0.25) is 0 Å². The Kier molecular flexibility index (Phi) is 2.51. The summed E-state index contributed by atoms with van der Waals surface area (Å²) in [6.07, 6.45) is 0. The second-order valence-corrected chi connectivity index (χ2v) is 4.17. The third-order valence-corrected chi connectivity index (χ3v) is 2.71. The van der Waals surface area contributed by atoms with Crippen molar-refractivity contribution < 1.29 is 19.5 Å². The summed E-state index contributed by atoms with van der Waals surface area (Å²) in [5.41, 5.74) is 0.426. The van der Waals surface area contributed by atoms with Crippen LogP contribution in [0.1, 0.15) is 20.7 Å². The second kappa shape index (κ2) is 3.71. The number of hydrogen-bond acceptors (Lipinski definition) is 4. The SMILES string of the molecule is O=C([O-])CN1C(=O)c2ccc(Br)cc2C1=O. The first-order valence-corrected chi connectivity index (χ1v) is 5.15. The molecule has 0 atom stereocenters. The number of aliphatic carboxylic acids is 1. The van der Waals surface area contributed by atoms with Gasteiger partial charge in [-0.3, -0.25) is 14.5 Å². The summed E-state index contributed by atoms with van der Waals surface area (Å²) >= 11 is 3.17. The van der Waals surface area contributed by atoms with Gasteiger partial charge in [-0.05, 0) is 18.2 Å². The van der Waals surface area contributed by atoms with E-state index >= 15 is 0 Å². The van der Waals surface area contributed by atoms with E-state index in [0.29, 0.717) is 9.37 Å². The maximum Gasteiger partial charge on any atom is 0.261 e. The normalized spacial score (nSPS) is 14.2. The van der Waals surface area contributed by atoms with Gasteiger partial charge in [0.25, 0.3) is 11.8 Å². The number of carboxylic acids is 1. The van der Waals surface area contributed by atoms with Crippen molar-refractivity contribution >= 4 is 33.7 Å². The molecule has 1 aromatic carbocycles. The number of carbonyl (C=O) groups excluding carboxylic acids is 3. The van der Waals surface area contributed by atoms with Gasteiger partial charge in [0.05, 0.1) is 23.6 Å². The van der Waals surface area contributed by atoms with Crippen molar-refractivity contribution in [2.75, 3.05) is 6.54 Å². The van der Waals surface area contributed by atoms with Crippen LogP contribution in [0.4, 0.5) is 0 Å². The predicted octanol–water partition coefficient (Wildman–Crippen LogP) is -0.205. The molecule has 2 amide bonds. The predicted molar refractivity (Wildman–Crippen MR) is 54.5 cm³/mol. The molecule has 0 N–H and O–H groups in total. The molecule has 1 heterocycles. The monoisotopic (exact) mass is 282 g/mol. The van der Waals surface area contributed by atoms with E-state index in [4.69, 9.17) is 0 Å². The number of imide groups is 1. The molecule has 82 valence electrons. The summed E-state index contributed by atoms with van der Waals surface area (Å²) < 4.78 is 0.655. The highest BCUT2D eigenvalue weighted by atomic mass is 79.9. The first-order chi connectivity index (χ1) is 7.50. The number of fused-ring (bicyclic) bond motifs is 1. The summed E-state index contributed by atoms with van der Waals surface area (Å²) in [5.74, 6) is -2.67. The maximum absolute atomic E-state index is 11.7. The van der Waals surface area contributed by atoms with Crippen molar-refractivity contribution in [2.45, 2.75) is 0 Å². The first-order valence-electron chi connectivity index (χ1n) is 4.36. The van der Waals surface area contributed by atoms with Crippen LogP contribution in [0.2, 0.25) is 0 Å². The van der Waals surface area contributed by atoms with Gasteiger partial charge in [-0.1, -0.05) is 15.9 Å². The molecule has 0 saturated carbocycles. The molecule has 0 saturated heterocycles.